The minimum atomic E-state index is 0.176. The monoisotopic (exact) mass is 664 g/mol. The molecule has 15 heteroatoms. The van der Waals surface area contributed by atoms with Gasteiger partial charge in [0.2, 0.25) is 11.9 Å². The minimum Gasteiger partial charge on any atom is -0.383 e. The Morgan fingerprint density at radius 2 is 0.894 bits per heavy atom. The zero-order chi connectivity index (χ0) is 33.4. The van der Waals surface area contributed by atoms with Crippen molar-refractivity contribution in [3.63, 3.8) is 0 Å². The van der Waals surface area contributed by atoms with E-state index in [0.717, 1.165) is 74.5 Å². The van der Waals surface area contributed by atoms with Crippen LogP contribution < -0.4 is 19.6 Å². The van der Waals surface area contributed by atoms with Gasteiger partial charge in [-0.3, -0.25) is 0 Å². The van der Waals surface area contributed by atoms with Crippen LogP contribution in [0.25, 0.3) is 11.0 Å². The molecular formula is C32H56N8O7. The lowest BCUT2D eigenvalue weighted by molar-refractivity contribution is 0.00606. The molecule has 0 N–H and O–H groups in total. The van der Waals surface area contributed by atoms with Gasteiger partial charge in [0.05, 0.1) is 51.8 Å². The van der Waals surface area contributed by atoms with E-state index in [4.69, 9.17) is 53.1 Å². The number of ether oxygens (including phenoxy) is 7. The Balaban J connectivity index is 1.85. The summed E-state index contributed by atoms with van der Waals surface area (Å²) in [5.74, 6) is 2.83. The first-order valence-corrected chi connectivity index (χ1v) is 16.7. The average Bonchev–Trinajstić information content (AvgIpc) is 3.11. The SMILES string of the molecule is COCCOC1CCN(c2nc(N(CCOC)CCOC)nc3c(N4CCC(OC)CC4)nc(N(CCOC)CCOC)nc23)CC1. The van der Waals surface area contributed by atoms with Gasteiger partial charge in [-0.15, -0.1) is 0 Å². The molecule has 2 aliphatic heterocycles. The average molecular weight is 665 g/mol. The van der Waals surface area contributed by atoms with E-state index in [1.165, 1.54) is 0 Å². The van der Waals surface area contributed by atoms with E-state index in [9.17, 15) is 0 Å². The van der Waals surface area contributed by atoms with Gasteiger partial charge >= 0.3 is 0 Å². The molecule has 0 spiro atoms. The smallest absolute Gasteiger partial charge is 0.228 e. The molecule has 0 aliphatic carbocycles. The molecule has 0 unspecified atom stereocenters. The lowest BCUT2D eigenvalue weighted by Gasteiger charge is -2.35. The van der Waals surface area contributed by atoms with E-state index in [1.807, 2.05) is 0 Å². The molecule has 2 fully saturated rings. The van der Waals surface area contributed by atoms with Gasteiger partial charge in [0.25, 0.3) is 0 Å². The maximum Gasteiger partial charge on any atom is 0.228 e. The zero-order valence-corrected chi connectivity index (χ0v) is 29.3. The third-order valence-corrected chi connectivity index (χ3v) is 8.77. The van der Waals surface area contributed by atoms with Crippen LogP contribution in [-0.4, -0.2) is 167 Å². The number of methoxy groups -OCH3 is 6. The summed E-state index contributed by atoms with van der Waals surface area (Å²) in [6.45, 7) is 8.97. The van der Waals surface area contributed by atoms with Crippen molar-refractivity contribution in [2.24, 2.45) is 0 Å². The van der Waals surface area contributed by atoms with E-state index >= 15 is 0 Å². The van der Waals surface area contributed by atoms with E-state index in [0.29, 0.717) is 77.7 Å². The lowest BCUT2D eigenvalue weighted by atomic mass is 10.1. The zero-order valence-electron chi connectivity index (χ0n) is 29.3. The summed E-state index contributed by atoms with van der Waals surface area (Å²) in [4.78, 5) is 29.8. The van der Waals surface area contributed by atoms with Crippen molar-refractivity contribution >= 4 is 34.6 Å². The van der Waals surface area contributed by atoms with Crippen molar-refractivity contribution in [2.75, 3.05) is 154 Å². The molecule has 2 saturated heterocycles. The molecule has 2 aliphatic rings. The first kappa shape index (κ1) is 37.2. The van der Waals surface area contributed by atoms with Gasteiger partial charge in [0, 0.05) is 95.0 Å². The summed E-state index contributed by atoms with van der Waals surface area (Å²) >= 11 is 0. The van der Waals surface area contributed by atoms with Crippen LogP contribution in [0.4, 0.5) is 23.5 Å². The third-order valence-electron chi connectivity index (χ3n) is 8.77. The minimum absolute atomic E-state index is 0.176. The molecule has 2 aromatic heterocycles. The van der Waals surface area contributed by atoms with Crippen molar-refractivity contribution in [2.45, 2.75) is 37.9 Å². The molecule has 4 heterocycles. The van der Waals surface area contributed by atoms with Crippen molar-refractivity contribution in [1.82, 2.24) is 19.9 Å². The number of rotatable bonds is 21. The summed E-state index contributed by atoms with van der Waals surface area (Å²) in [7, 11) is 10.3. The molecule has 2 aromatic rings. The Hall–Kier alpha value is -2.66. The van der Waals surface area contributed by atoms with Crippen molar-refractivity contribution in [1.29, 1.82) is 0 Å². The Kier molecular flexibility index (Phi) is 15.8. The first-order chi connectivity index (χ1) is 23.1. The van der Waals surface area contributed by atoms with Crippen LogP contribution in [0, 0.1) is 0 Å². The van der Waals surface area contributed by atoms with Gasteiger partial charge in [-0.05, 0) is 25.7 Å². The van der Waals surface area contributed by atoms with Crippen LogP contribution in [0.3, 0.4) is 0 Å². The van der Waals surface area contributed by atoms with Gasteiger partial charge in [0.15, 0.2) is 11.6 Å². The molecule has 0 saturated carbocycles. The molecular weight excluding hydrogens is 608 g/mol. The van der Waals surface area contributed by atoms with Gasteiger partial charge in [-0.1, -0.05) is 0 Å². The summed E-state index contributed by atoms with van der Waals surface area (Å²) in [5, 5.41) is 0. The van der Waals surface area contributed by atoms with Crippen LogP contribution in [0.2, 0.25) is 0 Å². The summed E-state index contributed by atoms with van der Waals surface area (Å²) < 4.78 is 38.8. The van der Waals surface area contributed by atoms with Gasteiger partial charge in [0.1, 0.15) is 11.0 Å². The molecule has 47 heavy (non-hydrogen) atoms. The normalized spacial score (nSPS) is 16.4. The Labute approximate surface area is 279 Å². The first-order valence-electron chi connectivity index (χ1n) is 16.7. The predicted molar refractivity (Wildman–Crippen MR) is 182 cm³/mol. The second kappa shape index (κ2) is 20.0. The highest BCUT2D eigenvalue weighted by atomic mass is 16.5. The molecule has 0 amide bonds. The molecule has 0 aromatic carbocycles. The van der Waals surface area contributed by atoms with Crippen LogP contribution in [-0.2, 0) is 33.2 Å². The molecule has 266 valence electrons. The fraction of sp³-hybridized carbons (Fsp3) is 0.812. The Morgan fingerprint density at radius 1 is 0.511 bits per heavy atom. The second-order valence-corrected chi connectivity index (χ2v) is 11.8. The topological polar surface area (TPSA) is 129 Å². The Morgan fingerprint density at radius 3 is 1.26 bits per heavy atom. The highest BCUT2D eigenvalue weighted by molar-refractivity contribution is 5.95. The maximum atomic E-state index is 6.09. The Bertz CT molecular complexity index is 1170. The number of hydrogen-bond acceptors (Lipinski definition) is 15. The van der Waals surface area contributed by atoms with Crippen LogP contribution >= 0.6 is 0 Å². The van der Waals surface area contributed by atoms with Gasteiger partial charge < -0.3 is 52.8 Å². The molecule has 15 nitrogen and oxygen atoms in total. The van der Waals surface area contributed by atoms with Crippen LogP contribution in [0.15, 0.2) is 0 Å². The number of anilines is 4. The van der Waals surface area contributed by atoms with E-state index in [-0.39, 0.29) is 12.2 Å². The van der Waals surface area contributed by atoms with Crippen LogP contribution in [0.5, 0.6) is 0 Å². The standard InChI is InChI=1S/C32H56N8O7/c1-41-19-15-39(16-20-42-2)31-34-28-27(29(35-31)37-11-7-25(46-6)8-12-37)33-32(40(17-21-43-3)18-22-44-4)36-30(28)38-13-9-26(10-14-38)47-24-23-45-5/h25-26H,7-24H2,1-6H3. The maximum absolute atomic E-state index is 6.09. The van der Waals surface area contributed by atoms with Crippen molar-refractivity contribution in [3.05, 3.63) is 0 Å². The van der Waals surface area contributed by atoms with E-state index in [1.54, 1.807) is 42.7 Å². The fourth-order valence-corrected chi connectivity index (χ4v) is 5.95. The van der Waals surface area contributed by atoms with Crippen molar-refractivity contribution in [3.8, 4) is 0 Å². The molecule has 0 bridgehead atoms. The highest BCUT2D eigenvalue weighted by Crippen LogP contribution is 2.35. The fourth-order valence-electron chi connectivity index (χ4n) is 5.95. The predicted octanol–water partition coefficient (Wildman–Crippen LogP) is 1.87. The van der Waals surface area contributed by atoms with Crippen LogP contribution in [0.1, 0.15) is 25.7 Å². The summed E-state index contributed by atoms with van der Waals surface area (Å²) in [6, 6.07) is 0. The van der Waals surface area contributed by atoms with E-state index < -0.39 is 0 Å². The molecule has 4 rings (SSSR count). The largest absolute Gasteiger partial charge is 0.383 e. The van der Waals surface area contributed by atoms with Gasteiger partial charge in [-0.25, -0.2) is 9.97 Å². The van der Waals surface area contributed by atoms with E-state index in [2.05, 4.69) is 19.6 Å². The summed E-state index contributed by atoms with van der Waals surface area (Å²) in [6.07, 6.45) is 3.98. The number of piperidine rings is 2. The number of aromatic nitrogens is 4. The van der Waals surface area contributed by atoms with Crippen molar-refractivity contribution < 1.29 is 33.2 Å². The second-order valence-electron chi connectivity index (χ2n) is 11.8. The third kappa shape index (κ3) is 10.4. The lowest BCUT2D eigenvalue weighted by Crippen LogP contribution is -2.40. The molecule has 0 atom stereocenters. The van der Waals surface area contributed by atoms with Gasteiger partial charge in [-0.2, -0.15) is 9.97 Å². The highest BCUT2D eigenvalue weighted by Gasteiger charge is 2.30. The quantitative estimate of drug-likeness (QED) is 0.180. The molecule has 0 radical (unpaired) electrons. The number of fused-ring (bicyclic) bond motifs is 1. The summed E-state index contributed by atoms with van der Waals surface area (Å²) in [5.41, 5.74) is 1.47. The number of hydrogen-bond donors (Lipinski definition) is 0. The number of nitrogens with zero attached hydrogens (tertiary/aromatic N) is 8.